The average Bonchev–Trinajstić information content (AvgIpc) is 3.03. The Labute approximate surface area is 120 Å². The largest absolute Gasteiger partial charge is 0.330 e. The summed E-state index contributed by atoms with van der Waals surface area (Å²) < 4.78 is 16.4. The van der Waals surface area contributed by atoms with Crippen LogP contribution >= 0.6 is 23.8 Å². The van der Waals surface area contributed by atoms with Crippen molar-refractivity contribution in [1.29, 1.82) is 0 Å². The van der Waals surface area contributed by atoms with Gasteiger partial charge in [0.2, 0.25) is 0 Å². The monoisotopic (exact) mass is 296 g/mol. The van der Waals surface area contributed by atoms with E-state index in [-0.39, 0.29) is 5.02 Å². The molecule has 2 aromatic rings. The van der Waals surface area contributed by atoms with Gasteiger partial charge in [0.05, 0.1) is 16.1 Å². The van der Waals surface area contributed by atoms with E-state index in [0.29, 0.717) is 10.8 Å². The quantitative estimate of drug-likeness (QED) is 0.746. The van der Waals surface area contributed by atoms with Gasteiger partial charge in [0, 0.05) is 12.1 Å². The van der Waals surface area contributed by atoms with Crippen LogP contribution in [0.5, 0.6) is 0 Å². The summed E-state index contributed by atoms with van der Waals surface area (Å²) in [7, 11) is 0. The molecule has 1 N–H and O–H groups in total. The molecule has 1 aromatic heterocycles. The molecule has 19 heavy (non-hydrogen) atoms. The molecule has 0 amide bonds. The van der Waals surface area contributed by atoms with Gasteiger partial charge in [-0.05, 0) is 49.4 Å². The van der Waals surface area contributed by atoms with Crippen molar-refractivity contribution in [3.05, 3.63) is 27.7 Å². The highest BCUT2D eigenvalue weighted by molar-refractivity contribution is 7.71. The van der Waals surface area contributed by atoms with E-state index in [1.54, 1.807) is 6.07 Å². The summed E-state index contributed by atoms with van der Waals surface area (Å²) in [6, 6.07) is 3.60. The molecule has 4 rings (SSSR count). The Kier molecular flexibility index (Phi) is 2.55. The van der Waals surface area contributed by atoms with E-state index in [0.717, 1.165) is 22.9 Å². The first-order valence-corrected chi connectivity index (χ1v) is 7.51. The minimum Gasteiger partial charge on any atom is -0.330 e. The number of H-pyrrole nitrogens is 1. The van der Waals surface area contributed by atoms with Gasteiger partial charge in [-0.15, -0.1) is 0 Å². The van der Waals surface area contributed by atoms with Gasteiger partial charge < -0.3 is 9.55 Å². The molecule has 2 saturated carbocycles. The molecule has 2 nitrogen and oxygen atoms in total. The van der Waals surface area contributed by atoms with Gasteiger partial charge in [0.1, 0.15) is 5.82 Å². The topological polar surface area (TPSA) is 20.7 Å². The third kappa shape index (κ3) is 1.69. The lowest BCUT2D eigenvalue weighted by molar-refractivity contribution is 0.333. The lowest BCUT2D eigenvalue weighted by Crippen LogP contribution is -2.16. The third-order valence-corrected chi connectivity index (χ3v) is 5.38. The number of aromatic amines is 1. The van der Waals surface area contributed by atoms with Crippen molar-refractivity contribution < 1.29 is 4.39 Å². The SMILES string of the molecule is Fc1cc2[nH]c(=S)n(C3CC4CCC3C4)c2cc1Cl. The van der Waals surface area contributed by atoms with Gasteiger partial charge in [-0.3, -0.25) is 0 Å². The van der Waals surface area contributed by atoms with Gasteiger partial charge >= 0.3 is 0 Å². The molecule has 2 aliphatic carbocycles. The van der Waals surface area contributed by atoms with Gasteiger partial charge in [-0.1, -0.05) is 18.0 Å². The van der Waals surface area contributed by atoms with E-state index < -0.39 is 5.82 Å². The van der Waals surface area contributed by atoms with Crippen molar-refractivity contribution in [2.75, 3.05) is 0 Å². The van der Waals surface area contributed by atoms with Gasteiger partial charge in [-0.25, -0.2) is 4.39 Å². The maximum Gasteiger partial charge on any atom is 0.178 e. The molecular formula is C14H14ClFN2S. The summed E-state index contributed by atoms with van der Waals surface area (Å²) in [5.41, 5.74) is 1.68. The summed E-state index contributed by atoms with van der Waals surface area (Å²) >= 11 is 11.4. The Morgan fingerprint density at radius 1 is 1.32 bits per heavy atom. The molecule has 5 heteroatoms. The molecule has 0 aliphatic heterocycles. The second-order valence-corrected chi connectivity index (χ2v) is 6.62. The van der Waals surface area contributed by atoms with Crippen molar-refractivity contribution in [2.24, 2.45) is 11.8 Å². The summed E-state index contributed by atoms with van der Waals surface area (Å²) in [4.78, 5) is 3.11. The van der Waals surface area contributed by atoms with Crippen LogP contribution in [0, 0.1) is 22.4 Å². The Balaban J connectivity index is 1.92. The van der Waals surface area contributed by atoms with Crippen molar-refractivity contribution in [3.63, 3.8) is 0 Å². The minimum atomic E-state index is -0.398. The smallest absolute Gasteiger partial charge is 0.178 e. The first-order valence-electron chi connectivity index (χ1n) is 6.73. The molecule has 0 spiro atoms. The van der Waals surface area contributed by atoms with E-state index in [1.807, 2.05) is 0 Å². The standard InChI is InChI=1S/C14H14ClFN2S/c15-9-5-13-11(6-10(9)16)17-14(19)18(13)12-4-7-1-2-8(12)3-7/h5-8,12H,1-4H2,(H,17,19). The van der Waals surface area contributed by atoms with Crippen molar-refractivity contribution >= 4 is 34.9 Å². The van der Waals surface area contributed by atoms with E-state index in [4.69, 9.17) is 23.8 Å². The van der Waals surface area contributed by atoms with Crippen molar-refractivity contribution in [1.82, 2.24) is 9.55 Å². The summed E-state index contributed by atoms with van der Waals surface area (Å²) in [5, 5.41) is 0.165. The predicted octanol–water partition coefficient (Wildman–Crippen LogP) is 4.85. The summed E-state index contributed by atoms with van der Waals surface area (Å²) in [6.07, 6.45) is 5.15. The predicted molar refractivity (Wildman–Crippen MR) is 76.6 cm³/mol. The number of hydrogen-bond acceptors (Lipinski definition) is 1. The second-order valence-electron chi connectivity index (χ2n) is 5.83. The molecule has 3 unspecified atom stereocenters. The van der Waals surface area contributed by atoms with Gasteiger partial charge in [0.15, 0.2) is 4.77 Å². The molecule has 1 aromatic carbocycles. The molecule has 2 aliphatic rings. The number of fused-ring (bicyclic) bond motifs is 3. The average molecular weight is 297 g/mol. The number of hydrogen-bond donors (Lipinski definition) is 1. The van der Waals surface area contributed by atoms with Crippen LogP contribution in [0.1, 0.15) is 31.7 Å². The molecule has 1 heterocycles. The molecule has 0 radical (unpaired) electrons. The fourth-order valence-electron chi connectivity index (χ4n) is 3.98. The van der Waals surface area contributed by atoms with Crippen LogP contribution in [0.2, 0.25) is 5.02 Å². The Morgan fingerprint density at radius 2 is 2.16 bits per heavy atom. The van der Waals surface area contributed by atoms with E-state index >= 15 is 0 Å². The highest BCUT2D eigenvalue weighted by Gasteiger charge is 2.41. The molecular weight excluding hydrogens is 283 g/mol. The zero-order valence-corrected chi connectivity index (χ0v) is 11.9. The first kappa shape index (κ1) is 11.9. The lowest BCUT2D eigenvalue weighted by atomic mass is 9.95. The van der Waals surface area contributed by atoms with Gasteiger partial charge in [0.25, 0.3) is 0 Å². The Morgan fingerprint density at radius 3 is 2.84 bits per heavy atom. The number of nitrogens with one attached hydrogen (secondary N) is 1. The number of imidazole rings is 1. The second kappa shape index (κ2) is 4.06. The van der Waals surface area contributed by atoms with Gasteiger partial charge in [-0.2, -0.15) is 0 Å². The fraction of sp³-hybridized carbons (Fsp3) is 0.500. The zero-order valence-electron chi connectivity index (χ0n) is 10.3. The molecule has 0 saturated heterocycles. The van der Waals surface area contributed by atoms with Crippen LogP contribution in [0.25, 0.3) is 11.0 Å². The van der Waals surface area contributed by atoms with Crippen LogP contribution in [0.3, 0.4) is 0 Å². The van der Waals surface area contributed by atoms with Crippen LogP contribution in [-0.4, -0.2) is 9.55 Å². The van der Waals surface area contributed by atoms with E-state index in [2.05, 4.69) is 9.55 Å². The molecule has 100 valence electrons. The zero-order chi connectivity index (χ0) is 13.1. The summed E-state index contributed by atoms with van der Waals surface area (Å²) in [6.45, 7) is 0. The highest BCUT2D eigenvalue weighted by Crippen LogP contribution is 2.51. The number of benzene rings is 1. The van der Waals surface area contributed by atoms with Crippen molar-refractivity contribution in [2.45, 2.75) is 31.7 Å². The summed E-state index contributed by atoms with van der Waals surface area (Å²) in [5.74, 6) is 1.17. The normalized spacial score (nSPS) is 29.5. The maximum atomic E-state index is 13.5. The first-order chi connectivity index (χ1) is 9.13. The molecule has 2 bridgehead atoms. The third-order valence-electron chi connectivity index (χ3n) is 4.79. The van der Waals surface area contributed by atoms with E-state index in [1.165, 1.54) is 31.7 Å². The highest BCUT2D eigenvalue weighted by atomic mass is 35.5. The number of rotatable bonds is 1. The van der Waals surface area contributed by atoms with Crippen LogP contribution in [0.15, 0.2) is 12.1 Å². The Hall–Kier alpha value is -0.870. The molecule has 2 fully saturated rings. The maximum absolute atomic E-state index is 13.5. The van der Waals surface area contributed by atoms with Crippen molar-refractivity contribution in [3.8, 4) is 0 Å². The number of nitrogens with zero attached hydrogens (tertiary/aromatic N) is 1. The molecule has 3 atom stereocenters. The number of halogens is 2. The van der Waals surface area contributed by atoms with E-state index in [9.17, 15) is 4.39 Å². The minimum absolute atomic E-state index is 0.165. The Bertz CT molecular complexity index is 720. The van der Waals surface area contributed by atoms with Crippen LogP contribution < -0.4 is 0 Å². The fourth-order valence-corrected chi connectivity index (χ4v) is 4.48. The van der Waals surface area contributed by atoms with Crippen LogP contribution in [0.4, 0.5) is 4.39 Å². The number of aromatic nitrogens is 2. The lowest BCUT2D eigenvalue weighted by Gasteiger charge is -2.23. The van der Waals surface area contributed by atoms with Crippen LogP contribution in [-0.2, 0) is 0 Å².